The van der Waals surface area contributed by atoms with Gasteiger partial charge in [-0.25, -0.2) is 4.79 Å². The first-order valence-electron chi connectivity index (χ1n) is 11.6. The Morgan fingerprint density at radius 1 is 1.03 bits per heavy atom. The van der Waals surface area contributed by atoms with Crippen LogP contribution in [0.5, 0.6) is 0 Å². The van der Waals surface area contributed by atoms with Crippen LogP contribution in [0.1, 0.15) is 35.6 Å². The number of nitrogens with zero attached hydrogens (tertiary/aromatic N) is 4. The highest BCUT2D eigenvalue weighted by Crippen LogP contribution is 2.17. The first kappa shape index (κ1) is 23.6. The second kappa shape index (κ2) is 10.6. The van der Waals surface area contributed by atoms with E-state index in [9.17, 15) is 14.4 Å². The highest BCUT2D eigenvalue weighted by Gasteiger charge is 2.21. The molecular weight excluding hydrogens is 436 g/mol. The summed E-state index contributed by atoms with van der Waals surface area (Å²) in [5.74, 6) is 1.28. The minimum Gasteiger partial charge on any atom is -0.340 e. The first-order valence-corrected chi connectivity index (χ1v) is 11.6. The summed E-state index contributed by atoms with van der Waals surface area (Å²) in [6.45, 7) is 7.56. The van der Waals surface area contributed by atoms with Gasteiger partial charge in [0.15, 0.2) is 0 Å². The number of carbonyl (C=O) groups excluding carboxylic acids is 1. The third-order valence-electron chi connectivity index (χ3n) is 6.21. The highest BCUT2D eigenvalue weighted by molar-refractivity contribution is 5.76. The van der Waals surface area contributed by atoms with Crippen LogP contribution in [0.4, 0.5) is 0 Å². The van der Waals surface area contributed by atoms with Gasteiger partial charge >= 0.3 is 5.69 Å². The van der Waals surface area contributed by atoms with Gasteiger partial charge in [0.2, 0.25) is 17.6 Å². The molecule has 0 atom stereocenters. The Balaban J connectivity index is 1.18. The number of aromatic nitrogens is 4. The van der Waals surface area contributed by atoms with E-state index >= 15 is 0 Å². The van der Waals surface area contributed by atoms with Gasteiger partial charge in [0.1, 0.15) is 0 Å². The van der Waals surface area contributed by atoms with Crippen LogP contribution in [0.3, 0.4) is 0 Å². The molecule has 10 nitrogen and oxygen atoms in total. The van der Waals surface area contributed by atoms with E-state index in [0.29, 0.717) is 48.9 Å². The van der Waals surface area contributed by atoms with Crippen molar-refractivity contribution in [1.82, 2.24) is 29.9 Å². The van der Waals surface area contributed by atoms with Gasteiger partial charge in [0.25, 0.3) is 5.56 Å². The number of hydrogen-bond donors (Lipinski definition) is 2. The lowest BCUT2D eigenvalue weighted by Gasteiger charge is -2.34. The molecule has 0 spiro atoms. The summed E-state index contributed by atoms with van der Waals surface area (Å²) in [6.07, 6.45) is 2.17. The van der Waals surface area contributed by atoms with Gasteiger partial charge < -0.3 is 14.4 Å². The van der Waals surface area contributed by atoms with Gasteiger partial charge in [-0.15, -0.1) is 0 Å². The smallest absolute Gasteiger partial charge is 0.325 e. The van der Waals surface area contributed by atoms with E-state index < -0.39 is 11.2 Å². The van der Waals surface area contributed by atoms with Crippen molar-refractivity contribution in [2.45, 2.75) is 39.5 Å². The predicted molar refractivity (Wildman–Crippen MR) is 127 cm³/mol. The topological polar surface area (TPSA) is 128 Å². The average molecular weight is 467 g/mol. The molecule has 1 aliphatic rings. The molecule has 0 radical (unpaired) electrons. The number of aryl methyl sites for hydroxylation is 3. The number of H-pyrrole nitrogens is 2. The fraction of sp³-hybridized carbons (Fsp3) is 0.458. The Hall–Kier alpha value is -3.53. The zero-order valence-corrected chi connectivity index (χ0v) is 19.6. The molecule has 34 heavy (non-hydrogen) atoms. The molecule has 0 bridgehead atoms. The Labute approximate surface area is 197 Å². The summed E-state index contributed by atoms with van der Waals surface area (Å²) < 4.78 is 5.40. The van der Waals surface area contributed by atoms with Crippen molar-refractivity contribution >= 4 is 5.91 Å². The van der Waals surface area contributed by atoms with Crippen LogP contribution in [0.25, 0.3) is 11.4 Å². The molecule has 1 aliphatic heterocycles. The summed E-state index contributed by atoms with van der Waals surface area (Å²) in [5.41, 5.74) is 2.15. The Kier molecular flexibility index (Phi) is 7.36. The summed E-state index contributed by atoms with van der Waals surface area (Å²) in [4.78, 5) is 49.3. The van der Waals surface area contributed by atoms with Crippen LogP contribution in [0, 0.1) is 13.8 Å². The van der Waals surface area contributed by atoms with Crippen molar-refractivity contribution in [2.24, 2.45) is 0 Å². The molecular formula is C24H30N6O4. The number of carbonyl (C=O) groups is 1. The largest absolute Gasteiger partial charge is 0.340 e. The van der Waals surface area contributed by atoms with Crippen molar-refractivity contribution < 1.29 is 9.32 Å². The molecule has 0 saturated carbocycles. The van der Waals surface area contributed by atoms with Gasteiger partial charge in [0.05, 0.1) is 0 Å². The zero-order chi connectivity index (χ0) is 24.1. The number of benzene rings is 1. The van der Waals surface area contributed by atoms with Gasteiger partial charge in [0, 0.05) is 55.8 Å². The second-order valence-electron chi connectivity index (χ2n) is 8.72. The molecule has 3 heterocycles. The van der Waals surface area contributed by atoms with Crippen LogP contribution >= 0.6 is 0 Å². The number of rotatable bonds is 8. The zero-order valence-electron chi connectivity index (χ0n) is 19.6. The number of aromatic amines is 2. The third kappa shape index (κ3) is 5.88. The Morgan fingerprint density at radius 3 is 2.47 bits per heavy atom. The number of nitrogens with one attached hydrogen (secondary N) is 2. The van der Waals surface area contributed by atoms with Crippen LogP contribution in [-0.2, 0) is 17.6 Å². The molecule has 4 rings (SSSR count). The molecule has 1 amide bonds. The van der Waals surface area contributed by atoms with Crippen molar-refractivity contribution in [3.63, 3.8) is 0 Å². The van der Waals surface area contributed by atoms with Gasteiger partial charge in [-0.2, -0.15) is 4.98 Å². The minimum absolute atomic E-state index is 0.0270. The predicted octanol–water partition coefficient (Wildman–Crippen LogP) is 1.44. The van der Waals surface area contributed by atoms with Crippen molar-refractivity contribution in [3.05, 3.63) is 67.8 Å². The molecule has 0 aliphatic carbocycles. The summed E-state index contributed by atoms with van der Waals surface area (Å²) >= 11 is 0. The third-order valence-corrected chi connectivity index (χ3v) is 6.21. The molecule has 180 valence electrons. The standard InChI is InChI=1S/C24H30N6O4/c1-16-5-7-18(8-6-16)22-26-20(34-28-22)4-3-11-29-12-14-30(15-13-29)21(31)10-9-19-17(2)25-24(33)27-23(19)32/h5-8H,3-4,9-15H2,1-2H3,(H2,25,27,32,33). The molecule has 1 saturated heterocycles. The first-order chi connectivity index (χ1) is 16.4. The molecule has 10 heteroatoms. The van der Waals surface area contributed by atoms with E-state index in [4.69, 9.17) is 4.52 Å². The van der Waals surface area contributed by atoms with Crippen molar-refractivity contribution in [1.29, 1.82) is 0 Å². The van der Waals surface area contributed by atoms with Gasteiger partial charge in [-0.05, 0) is 33.2 Å². The van der Waals surface area contributed by atoms with Crippen molar-refractivity contribution in [3.8, 4) is 11.4 Å². The van der Waals surface area contributed by atoms with E-state index in [-0.39, 0.29) is 12.3 Å². The lowest BCUT2D eigenvalue weighted by Crippen LogP contribution is -2.49. The summed E-state index contributed by atoms with van der Waals surface area (Å²) in [5, 5.41) is 4.08. The maximum Gasteiger partial charge on any atom is 0.325 e. The summed E-state index contributed by atoms with van der Waals surface area (Å²) in [6, 6.07) is 8.04. The number of piperazine rings is 1. The normalized spacial score (nSPS) is 14.5. The second-order valence-corrected chi connectivity index (χ2v) is 8.72. The van der Waals surface area contributed by atoms with E-state index in [0.717, 1.165) is 31.6 Å². The Bertz CT molecular complexity index is 1240. The van der Waals surface area contributed by atoms with E-state index in [2.05, 4.69) is 25.0 Å². The van der Waals surface area contributed by atoms with Crippen LogP contribution in [0.2, 0.25) is 0 Å². The molecule has 2 N–H and O–H groups in total. The van der Waals surface area contributed by atoms with E-state index in [1.807, 2.05) is 36.1 Å². The lowest BCUT2D eigenvalue weighted by molar-refractivity contribution is -0.132. The van der Waals surface area contributed by atoms with E-state index in [1.165, 1.54) is 5.56 Å². The maximum absolute atomic E-state index is 12.6. The average Bonchev–Trinajstić information content (AvgIpc) is 3.28. The highest BCUT2D eigenvalue weighted by atomic mass is 16.5. The van der Waals surface area contributed by atoms with Crippen LogP contribution in [0.15, 0.2) is 38.4 Å². The van der Waals surface area contributed by atoms with Crippen LogP contribution in [-0.4, -0.2) is 68.5 Å². The summed E-state index contributed by atoms with van der Waals surface area (Å²) in [7, 11) is 0. The Morgan fingerprint density at radius 2 is 1.76 bits per heavy atom. The molecule has 2 aromatic heterocycles. The van der Waals surface area contributed by atoms with Crippen LogP contribution < -0.4 is 11.2 Å². The fourth-order valence-electron chi connectivity index (χ4n) is 4.17. The number of hydrogen-bond acceptors (Lipinski definition) is 7. The molecule has 1 fully saturated rings. The molecule has 1 aromatic carbocycles. The monoisotopic (exact) mass is 466 g/mol. The minimum atomic E-state index is -0.528. The fourth-order valence-corrected chi connectivity index (χ4v) is 4.17. The van der Waals surface area contributed by atoms with Crippen molar-refractivity contribution in [2.75, 3.05) is 32.7 Å². The SMILES string of the molecule is Cc1ccc(-c2noc(CCCN3CCN(C(=O)CCc4c(C)[nH]c(=O)[nH]c4=O)CC3)n2)cc1. The quantitative estimate of drug-likeness (QED) is 0.514. The number of amides is 1. The van der Waals surface area contributed by atoms with E-state index in [1.54, 1.807) is 6.92 Å². The maximum atomic E-state index is 12.6. The molecule has 0 unspecified atom stereocenters. The molecule has 3 aromatic rings. The van der Waals surface area contributed by atoms with Gasteiger partial charge in [-0.1, -0.05) is 35.0 Å². The van der Waals surface area contributed by atoms with Gasteiger partial charge in [-0.3, -0.25) is 19.5 Å². The lowest BCUT2D eigenvalue weighted by atomic mass is 10.1.